The van der Waals surface area contributed by atoms with Crippen LogP contribution in [0.25, 0.3) is 0 Å². The van der Waals surface area contributed by atoms with Gasteiger partial charge in [-0.15, -0.1) is 11.3 Å². The average Bonchev–Trinajstić information content (AvgIpc) is 2.82. The highest BCUT2D eigenvalue weighted by atomic mass is 79.9. The van der Waals surface area contributed by atoms with Crippen LogP contribution in [0.15, 0.2) is 28.1 Å². The number of anilines is 2. The van der Waals surface area contributed by atoms with Crippen molar-refractivity contribution in [3.63, 3.8) is 0 Å². The number of nitrogen functional groups attached to an aromatic ring is 1. The Hall–Kier alpha value is -1.40. The Morgan fingerprint density at radius 2 is 2.00 bits per heavy atom. The van der Waals surface area contributed by atoms with Crippen LogP contribution in [0.3, 0.4) is 0 Å². The monoisotopic (exact) mass is 340 g/mol. The molecule has 100 valence electrons. The van der Waals surface area contributed by atoms with Crippen molar-refractivity contribution < 1.29 is 9.47 Å². The first-order chi connectivity index (χ1) is 9.24. The van der Waals surface area contributed by atoms with Crippen LogP contribution in [0.4, 0.5) is 11.4 Å². The van der Waals surface area contributed by atoms with Crippen LogP contribution in [0.1, 0.15) is 4.88 Å². The Balaban J connectivity index is 1.79. The smallest absolute Gasteiger partial charge is 0.163 e. The number of thiophene rings is 1. The van der Waals surface area contributed by atoms with Gasteiger partial charge in [0.15, 0.2) is 11.5 Å². The second-order valence-electron chi connectivity index (χ2n) is 4.13. The fourth-order valence-corrected chi connectivity index (χ4v) is 3.07. The van der Waals surface area contributed by atoms with Crippen LogP contribution in [-0.2, 0) is 6.54 Å². The lowest BCUT2D eigenvalue weighted by molar-refractivity contribution is 0.171. The van der Waals surface area contributed by atoms with Crippen LogP contribution in [0.2, 0.25) is 0 Å². The lowest BCUT2D eigenvalue weighted by Gasteiger charge is -2.20. The molecule has 3 N–H and O–H groups in total. The molecule has 0 bridgehead atoms. The summed E-state index contributed by atoms with van der Waals surface area (Å²) in [6.07, 6.45) is 0. The van der Waals surface area contributed by atoms with E-state index in [4.69, 9.17) is 15.2 Å². The van der Waals surface area contributed by atoms with E-state index in [1.54, 1.807) is 11.3 Å². The zero-order valence-corrected chi connectivity index (χ0v) is 12.5. The molecular formula is C13H13BrN2O2S. The van der Waals surface area contributed by atoms with E-state index < -0.39 is 0 Å². The maximum absolute atomic E-state index is 5.87. The summed E-state index contributed by atoms with van der Waals surface area (Å²) in [5.41, 5.74) is 7.66. The summed E-state index contributed by atoms with van der Waals surface area (Å²) in [4.78, 5) is 1.13. The number of nitrogens with one attached hydrogen (secondary N) is 1. The number of hydrogen-bond donors (Lipinski definition) is 2. The number of benzene rings is 1. The minimum atomic E-state index is 0.589. The first-order valence-corrected chi connectivity index (χ1v) is 7.56. The van der Waals surface area contributed by atoms with Gasteiger partial charge >= 0.3 is 0 Å². The molecule has 0 radical (unpaired) electrons. The zero-order chi connectivity index (χ0) is 13.2. The van der Waals surface area contributed by atoms with Crippen molar-refractivity contribution in [2.75, 3.05) is 24.3 Å². The van der Waals surface area contributed by atoms with Crippen LogP contribution < -0.4 is 20.5 Å². The molecule has 0 unspecified atom stereocenters. The van der Waals surface area contributed by atoms with Crippen molar-refractivity contribution >= 4 is 38.6 Å². The molecular weight excluding hydrogens is 328 g/mol. The van der Waals surface area contributed by atoms with Crippen molar-refractivity contribution in [1.82, 2.24) is 0 Å². The summed E-state index contributed by atoms with van der Waals surface area (Å²) < 4.78 is 12.1. The molecule has 1 aliphatic rings. The van der Waals surface area contributed by atoms with E-state index >= 15 is 0 Å². The van der Waals surface area contributed by atoms with Gasteiger partial charge in [-0.1, -0.05) is 0 Å². The highest BCUT2D eigenvalue weighted by molar-refractivity contribution is 9.10. The SMILES string of the molecule is Nc1ccsc1CNc1cc2c(cc1Br)OCCO2. The van der Waals surface area contributed by atoms with Gasteiger partial charge < -0.3 is 20.5 Å². The second-order valence-corrected chi connectivity index (χ2v) is 5.98. The summed E-state index contributed by atoms with van der Waals surface area (Å²) in [6.45, 7) is 1.88. The summed E-state index contributed by atoms with van der Waals surface area (Å²) >= 11 is 5.18. The Kier molecular flexibility index (Phi) is 3.52. The van der Waals surface area contributed by atoms with Gasteiger partial charge in [0.25, 0.3) is 0 Å². The summed E-state index contributed by atoms with van der Waals surface area (Å²) in [5, 5.41) is 5.35. The molecule has 0 saturated carbocycles. The number of hydrogen-bond acceptors (Lipinski definition) is 5. The lowest BCUT2D eigenvalue weighted by atomic mass is 10.2. The lowest BCUT2D eigenvalue weighted by Crippen LogP contribution is -2.15. The molecule has 3 rings (SSSR count). The molecule has 0 aliphatic carbocycles. The zero-order valence-electron chi connectivity index (χ0n) is 10.1. The van der Waals surface area contributed by atoms with Gasteiger partial charge in [0.1, 0.15) is 13.2 Å². The van der Waals surface area contributed by atoms with Crippen LogP contribution >= 0.6 is 27.3 Å². The van der Waals surface area contributed by atoms with Gasteiger partial charge in [-0.3, -0.25) is 0 Å². The Labute approximate surface area is 123 Å². The molecule has 6 heteroatoms. The van der Waals surface area contributed by atoms with Crippen LogP contribution in [0.5, 0.6) is 11.5 Å². The minimum absolute atomic E-state index is 0.589. The van der Waals surface area contributed by atoms with E-state index in [1.165, 1.54) is 0 Å². The third-order valence-corrected chi connectivity index (χ3v) is 4.44. The molecule has 1 aromatic carbocycles. The van der Waals surface area contributed by atoms with Crippen molar-refractivity contribution in [2.45, 2.75) is 6.54 Å². The van der Waals surface area contributed by atoms with E-state index in [1.807, 2.05) is 23.6 Å². The number of rotatable bonds is 3. The molecule has 19 heavy (non-hydrogen) atoms. The highest BCUT2D eigenvalue weighted by Gasteiger charge is 2.15. The molecule has 2 heterocycles. The molecule has 0 fully saturated rings. The van der Waals surface area contributed by atoms with Crippen molar-refractivity contribution in [2.24, 2.45) is 0 Å². The fourth-order valence-electron chi connectivity index (χ4n) is 1.87. The molecule has 0 spiro atoms. The fraction of sp³-hybridized carbons (Fsp3) is 0.231. The number of fused-ring (bicyclic) bond motifs is 1. The molecule has 0 saturated heterocycles. The summed E-state index contributed by atoms with van der Waals surface area (Å²) in [5.74, 6) is 1.55. The molecule has 4 nitrogen and oxygen atoms in total. The Morgan fingerprint density at radius 1 is 1.26 bits per heavy atom. The van der Waals surface area contributed by atoms with Gasteiger partial charge in [-0.05, 0) is 27.4 Å². The van der Waals surface area contributed by atoms with E-state index in [0.29, 0.717) is 19.8 Å². The van der Waals surface area contributed by atoms with Gasteiger partial charge in [-0.25, -0.2) is 0 Å². The quantitative estimate of drug-likeness (QED) is 0.898. The van der Waals surface area contributed by atoms with Crippen molar-refractivity contribution in [1.29, 1.82) is 0 Å². The maximum atomic E-state index is 5.87. The predicted molar refractivity (Wildman–Crippen MR) is 81.2 cm³/mol. The van der Waals surface area contributed by atoms with E-state index in [0.717, 1.165) is 32.2 Å². The topological polar surface area (TPSA) is 56.5 Å². The summed E-state index contributed by atoms with van der Waals surface area (Å²) in [6, 6.07) is 5.79. The Morgan fingerprint density at radius 3 is 2.68 bits per heavy atom. The third-order valence-electron chi connectivity index (χ3n) is 2.85. The first-order valence-electron chi connectivity index (χ1n) is 5.89. The van der Waals surface area contributed by atoms with Crippen LogP contribution in [0, 0.1) is 0 Å². The van der Waals surface area contributed by atoms with Gasteiger partial charge in [0.2, 0.25) is 0 Å². The number of halogens is 1. The van der Waals surface area contributed by atoms with Gasteiger partial charge in [-0.2, -0.15) is 0 Å². The molecule has 1 aliphatic heterocycles. The number of ether oxygens (including phenoxy) is 2. The van der Waals surface area contributed by atoms with Gasteiger partial charge in [0, 0.05) is 27.2 Å². The largest absolute Gasteiger partial charge is 0.486 e. The maximum Gasteiger partial charge on any atom is 0.163 e. The molecule has 0 atom stereocenters. The van der Waals surface area contributed by atoms with E-state index in [2.05, 4.69) is 21.2 Å². The van der Waals surface area contributed by atoms with Crippen molar-refractivity contribution in [3.8, 4) is 11.5 Å². The second kappa shape index (κ2) is 5.30. The van der Waals surface area contributed by atoms with Crippen molar-refractivity contribution in [3.05, 3.63) is 32.9 Å². The third kappa shape index (κ3) is 2.64. The van der Waals surface area contributed by atoms with E-state index in [9.17, 15) is 0 Å². The van der Waals surface area contributed by atoms with E-state index in [-0.39, 0.29) is 0 Å². The molecule has 2 aromatic rings. The Bertz CT molecular complexity index is 600. The van der Waals surface area contributed by atoms with Gasteiger partial charge in [0.05, 0.1) is 12.2 Å². The molecule has 0 amide bonds. The molecule has 1 aromatic heterocycles. The standard InChI is InChI=1S/C13H13BrN2O2S/c14-8-5-11-12(18-3-2-17-11)6-10(8)16-7-13-9(15)1-4-19-13/h1,4-6,16H,2-3,7,15H2. The highest BCUT2D eigenvalue weighted by Crippen LogP contribution is 2.38. The predicted octanol–water partition coefficient (Wildman–Crippen LogP) is 3.48. The normalized spacial score (nSPS) is 13.3. The van der Waals surface area contributed by atoms with Crippen LogP contribution in [-0.4, -0.2) is 13.2 Å². The average molecular weight is 341 g/mol. The first kappa shape index (κ1) is 12.6. The summed E-state index contributed by atoms with van der Waals surface area (Å²) in [7, 11) is 0. The number of nitrogens with two attached hydrogens (primary N) is 1. The minimum Gasteiger partial charge on any atom is -0.486 e.